The Morgan fingerprint density at radius 1 is 1.17 bits per heavy atom. The molecule has 0 aliphatic carbocycles. The fraction of sp³-hybridized carbons (Fsp3) is 0.227. The predicted molar refractivity (Wildman–Crippen MR) is 110 cm³/mol. The van der Waals surface area contributed by atoms with Crippen molar-refractivity contribution in [2.24, 2.45) is 4.99 Å². The van der Waals surface area contributed by atoms with Crippen LogP contribution in [-0.4, -0.2) is 22.8 Å². The van der Waals surface area contributed by atoms with Crippen LogP contribution < -0.4 is 4.74 Å². The van der Waals surface area contributed by atoms with Gasteiger partial charge in [-0.15, -0.1) is 0 Å². The van der Waals surface area contributed by atoms with Crippen LogP contribution in [0.15, 0.2) is 41.0 Å². The van der Waals surface area contributed by atoms with Crippen LogP contribution in [0.5, 0.6) is 5.75 Å². The first kappa shape index (κ1) is 20.9. The van der Waals surface area contributed by atoms with E-state index in [1.54, 1.807) is 58.0 Å². The van der Waals surface area contributed by atoms with Crippen LogP contribution in [0.2, 0.25) is 0 Å². The lowest BCUT2D eigenvalue weighted by Crippen LogP contribution is -2.08. The number of hydrogen-bond acceptors (Lipinski definition) is 7. The van der Waals surface area contributed by atoms with E-state index < -0.39 is 10.9 Å². The summed E-state index contributed by atoms with van der Waals surface area (Å²) in [6, 6.07) is 8.07. The lowest BCUT2D eigenvalue weighted by atomic mass is 10.0. The first-order chi connectivity index (χ1) is 14.2. The molecule has 30 heavy (non-hydrogen) atoms. The quantitative estimate of drug-likeness (QED) is 0.241. The number of aliphatic imine (C=N–C) groups is 1. The highest BCUT2D eigenvalue weighted by Crippen LogP contribution is 2.28. The van der Waals surface area contributed by atoms with Gasteiger partial charge in [0.25, 0.3) is 5.69 Å². The lowest BCUT2D eigenvalue weighted by molar-refractivity contribution is -0.385. The monoisotopic (exact) mass is 408 g/mol. The van der Waals surface area contributed by atoms with Crippen molar-refractivity contribution < 1.29 is 24.0 Å². The van der Waals surface area contributed by atoms with Crippen molar-refractivity contribution in [3.8, 4) is 5.75 Å². The van der Waals surface area contributed by atoms with E-state index in [2.05, 4.69) is 4.99 Å². The van der Waals surface area contributed by atoms with E-state index in [1.807, 2.05) is 0 Å². The summed E-state index contributed by atoms with van der Waals surface area (Å²) in [7, 11) is 0. The van der Waals surface area contributed by atoms with Crippen molar-refractivity contribution in [2.45, 2.75) is 34.1 Å². The number of carbonyl (C=O) groups excluding carboxylic acids is 2. The van der Waals surface area contributed by atoms with E-state index in [0.29, 0.717) is 22.4 Å². The Morgan fingerprint density at radius 3 is 2.43 bits per heavy atom. The minimum atomic E-state index is -0.648. The molecule has 2 aromatic rings. The number of aryl methyl sites for hydroxylation is 3. The van der Waals surface area contributed by atoms with Crippen LogP contribution in [0.4, 0.5) is 5.69 Å². The molecule has 0 unspecified atom stereocenters. The number of esters is 2. The van der Waals surface area contributed by atoms with Crippen LogP contribution in [0.3, 0.4) is 0 Å². The molecule has 3 rings (SSSR count). The highest BCUT2D eigenvalue weighted by Gasteiger charge is 2.26. The highest BCUT2D eigenvalue weighted by molar-refractivity contribution is 6.13. The number of ether oxygens (including phenoxy) is 2. The zero-order valence-electron chi connectivity index (χ0n) is 17.0. The van der Waals surface area contributed by atoms with Crippen LogP contribution in [-0.2, 0) is 14.3 Å². The normalized spacial score (nSPS) is 14.5. The van der Waals surface area contributed by atoms with Crippen molar-refractivity contribution in [3.05, 3.63) is 74.0 Å². The summed E-state index contributed by atoms with van der Waals surface area (Å²) >= 11 is 0. The van der Waals surface area contributed by atoms with Gasteiger partial charge in [-0.3, -0.25) is 14.9 Å². The van der Waals surface area contributed by atoms with Gasteiger partial charge in [-0.1, -0.05) is 13.0 Å². The van der Waals surface area contributed by atoms with Crippen molar-refractivity contribution >= 4 is 29.6 Å². The Labute approximate surface area is 173 Å². The molecule has 0 saturated heterocycles. The number of nitro benzene ring substituents is 1. The minimum Gasteiger partial charge on any atom is -0.426 e. The lowest BCUT2D eigenvalue weighted by Gasteiger charge is -2.11. The molecule has 0 amide bonds. The van der Waals surface area contributed by atoms with Crippen LogP contribution in [0.25, 0.3) is 6.08 Å². The van der Waals surface area contributed by atoms with E-state index >= 15 is 0 Å². The maximum atomic E-state index is 12.3. The third-order valence-corrected chi connectivity index (χ3v) is 4.56. The number of nitro groups is 1. The summed E-state index contributed by atoms with van der Waals surface area (Å²) in [5, 5.41) is 11.2. The fourth-order valence-corrected chi connectivity index (χ4v) is 3.04. The number of rotatable bonds is 5. The third-order valence-electron chi connectivity index (χ3n) is 4.56. The maximum Gasteiger partial charge on any atom is 0.363 e. The standard InChI is InChI=1S/C22H20N2O6/c1-5-19(25)29-20-13(3)8-15(9-14(20)4)10-17-22(26)30-21(23-17)16-7-6-12(2)18(11-16)24(27)28/h6-11H,5H2,1-4H3/b17-10-. The molecule has 0 aromatic heterocycles. The summed E-state index contributed by atoms with van der Waals surface area (Å²) in [6.45, 7) is 6.96. The van der Waals surface area contributed by atoms with E-state index in [0.717, 1.165) is 11.1 Å². The second kappa shape index (κ2) is 8.28. The van der Waals surface area contributed by atoms with Crippen LogP contribution >= 0.6 is 0 Å². The van der Waals surface area contributed by atoms with Gasteiger partial charge in [0.2, 0.25) is 5.90 Å². The first-order valence-electron chi connectivity index (χ1n) is 9.29. The number of carbonyl (C=O) groups is 2. The van der Waals surface area contributed by atoms with Gasteiger partial charge in [-0.25, -0.2) is 9.79 Å². The average Bonchev–Trinajstić information content (AvgIpc) is 3.05. The minimum absolute atomic E-state index is 0.0105. The second-order valence-corrected chi connectivity index (χ2v) is 6.91. The van der Waals surface area contributed by atoms with Gasteiger partial charge in [-0.2, -0.15) is 0 Å². The molecule has 0 saturated carbocycles. The zero-order chi connectivity index (χ0) is 22.0. The number of cyclic esters (lactones) is 1. The van der Waals surface area contributed by atoms with Gasteiger partial charge < -0.3 is 9.47 Å². The fourth-order valence-electron chi connectivity index (χ4n) is 3.04. The van der Waals surface area contributed by atoms with Crippen molar-refractivity contribution in [1.82, 2.24) is 0 Å². The largest absolute Gasteiger partial charge is 0.426 e. The van der Waals surface area contributed by atoms with Crippen LogP contribution in [0, 0.1) is 30.9 Å². The summed E-state index contributed by atoms with van der Waals surface area (Å²) < 4.78 is 10.6. The van der Waals surface area contributed by atoms with E-state index in [1.165, 1.54) is 6.07 Å². The molecular weight excluding hydrogens is 388 g/mol. The molecule has 1 aliphatic heterocycles. The molecule has 0 radical (unpaired) electrons. The zero-order valence-corrected chi connectivity index (χ0v) is 17.0. The molecule has 1 aliphatic rings. The molecule has 154 valence electrons. The molecule has 0 fully saturated rings. The van der Waals surface area contributed by atoms with Gasteiger partial charge in [0, 0.05) is 23.6 Å². The molecule has 0 spiro atoms. The Balaban J connectivity index is 1.94. The summed E-state index contributed by atoms with van der Waals surface area (Å²) in [6.07, 6.45) is 1.83. The van der Waals surface area contributed by atoms with Gasteiger partial charge in [-0.05, 0) is 61.7 Å². The van der Waals surface area contributed by atoms with Gasteiger partial charge in [0.1, 0.15) is 5.75 Å². The number of hydrogen-bond donors (Lipinski definition) is 0. The van der Waals surface area contributed by atoms with Crippen molar-refractivity contribution in [1.29, 1.82) is 0 Å². The summed E-state index contributed by atoms with van der Waals surface area (Å²) in [5.74, 6) is -0.469. The second-order valence-electron chi connectivity index (χ2n) is 6.91. The SMILES string of the molecule is CCC(=O)Oc1c(C)cc(/C=C2\N=C(c3ccc(C)c([N+](=O)[O-])c3)OC2=O)cc1C. The Kier molecular flexibility index (Phi) is 5.77. The number of nitrogens with zero attached hydrogens (tertiary/aromatic N) is 2. The Bertz CT molecular complexity index is 1110. The van der Waals surface area contributed by atoms with Crippen molar-refractivity contribution in [3.63, 3.8) is 0 Å². The topological polar surface area (TPSA) is 108 Å². The summed E-state index contributed by atoms with van der Waals surface area (Å²) in [5.41, 5.74) is 3.02. The summed E-state index contributed by atoms with van der Waals surface area (Å²) in [4.78, 5) is 38.7. The molecular formula is C22H20N2O6. The molecule has 0 atom stereocenters. The molecule has 0 N–H and O–H groups in total. The predicted octanol–water partition coefficient (Wildman–Crippen LogP) is 4.18. The Hall–Kier alpha value is -3.81. The van der Waals surface area contributed by atoms with Gasteiger partial charge in [0.05, 0.1) is 4.92 Å². The maximum absolute atomic E-state index is 12.3. The Morgan fingerprint density at radius 2 is 1.83 bits per heavy atom. The third kappa shape index (κ3) is 4.27. The first-order valence-corrected chi connectivity index (χ1v) is 9.29. The average molecular weight is 408 g/mol. The molecule has 8 heteroatoms. The molecule has 1 heterocycles. The number of benzene rings is 2. The van der Waals surface area contributed by atoms with E-state index in [9.17, 15) is 19.7 Å². The molecule has 8 nitrogen and oxygen atoms in total. The smallest absolute Gasteiger partial charge is 0.363 e. The van der Waals surface area contributed by atoms with E-state index in [4.69, 9.17) is 9.47 Å². The molecule has 2 aromatic carbocycles. The molecule has 0 bridgehead atoms. The van der Waals surface area contributed by atoms with E-state index in [-0.39, 0.29) is 29.7 Å². The van der Waals surface area contributed by atoms with Gasteiger partial charge >= 0.3 is 11.9 Å². The van der Waals surface area contributed by atoms with Gasteiger partial charge in [0.15, 0.2) is 5.70 Å². The van der Waals surface area contributed by atoms with Crippen LogP contribution in [0.1, 0.15) is 41.2 Å². The highest BCUT2D eigenvalue weighted by atomic mass is 16.6. The van der Waals surface area contributed by atoms with Crippen molar-refractivity contribution in [2.75, 3.05) is 0 Å².